The first kappa shape index (κ1) is 17.5. The van der Waals surface area contributed by atoms with E-state index in [1.54, 1.807) is 4.90 Å². The van der Waals surface area contributed by atoms with E-state index in [0.717, 1.165) is 29.9 Å². The number of fused-ring (bicyclic) bond motifs is 4. The summed E-state index contributed by atoms with van der Waals surface area (Å²) in [7, 11) is 3.70. The number of carbonyl (C=O) groups is 1. The van der Waals surface area contributed by atoms with Crippen molar-refractivity contribution in [2.75, 3.05) is 27.2 Å². The number of benzene rings is 1. The molecule has 1 unspecified atom stereocenters. The molecule has 1 heterocycles. The maximum Gasteiger partial charge on any atom is 0.253 e. The van der Waals surface area contributed by atoms with Crippen LogP contribution in [0.1, 0.15) is 56.1 Å². The van der Waals surface area contributed by atoms with Gasteiger partial charge in [0, 0.05) is 31.1 Å². The SMILES string of the molecule is CN(C)C(=O)C1=CCC2(CCN(C3C[C@@H]4CC[C@@H]3C4)CC2)c2ccccc21. The van der Waals surface area contributed by atoms with Gasteiger partial charge in [-0.25, -0.2) is 0 Å². The van der Waals surface area contributed by atoms with Gasteiger partial charge in [-0.1, -0.05) is 36.8 Å². The fourth-order valence-corrected chi connectivity index (χ4v) is 6.56. The van der Waals surface area contributed by atoms with E-state index in [4.69, 9.17) is 0 Å². The first-order valence-electron chi connectivity index (χ1n) is 10.8. The summed E-state index contributed by atoms with van der Waals surface area (Å²) in [5, 5.41) is 0. The van der Waals surface area contributed by atoms with Crippen molar-refractivity contribution in [1.82, 2.24) is 9.80 Å². The summed E-state index contributed by atoms with van der Waals surface area (Å²) in [6.07, 6.45) is 11.6. The van der Waals surface area contributed by atoms with Gasteiger partial charge in [0.05, 0.1) is 0 Å². The van der Waals surface area contributed by atoms with E-state index >= 15 is 0 Å². The molecule has 1 amide bonds. The molecule has 3 nitrogen and oxygen atoms in total. The molecule has 5 rings (SSSR count). The van der Waals surface area contributed by atoms with Crippen molar-refractivity contribution in [3.8, 4) is 0 Å². The summed E-state index contributed by atoms with van der Waals surface area (Å²) in [5.74, 6) is 2.14. The van der Waals surface area contributed by atoms with Crippen LogP contribution >= 0.6 is 0 Å². The zero-order chi connectivity index (χ0) is 18.6. The molecule has 144 valence electrons. The Hall–Kier alpha value is -1.61. The molecule has 0 aromatic heterocycles. The lowest BCUT2D eigenvalue weighted by Gasteiger charge is -2.47. The molecule has 1 saturated heterocycles. The number of carbonyl (C=O) groups excluding carboxylic acids is 1. The van der Waals surface area contributed by atoms with Crippen molar-refractivity contribution in [3.63, 3.8) is 0 Å². The molecule has 4 aliphatic rings. The molecular formula is C24H32N2O. The largest absolute Gasteiger partial charge is 0.345 e. The fourth-order valence-electron chi connectivity index (χ4n) is 6.56. The number of nitrogens with zero attached hydrogens (tertiary/aromatic N) is 2. The van der Waals surface area contributed by atoms with Gasteiger partial charge in [0.15, 0.2) is 0 Å². The summed E-state index contributed by atoms with van der Waals surface area (Å²) in [4.78, 5) is 17.2. The number of allylic oxidation sites excluding steroid dienone is 1. The number of hydrogen-bond donors (Lipinski definition) is 0. The first-order chi connectivity index (χ1) is 13.1. The van der Waals surface area contributed by atoms with Crippen LogP contribution in [0.2, 0.25) is 0 Å². The molecule has 2 bridgehead atoms. The third-order valence-electron chi connectivity index (χ3n) is 8.05. The van der Waals surface area contributed by atoms with Crippen molar-refractivity contribution >= 4 is 11.5 Å². The van der Waals surface area contributed by atoms with Gasteiger partial charge in [0.1, 0.15) is 0 Å². The zero-order valence-corrected chi connectivity index (χ0v) is 16.8. The molecule has 3 atom stereocenters. The molecule has 2 saturated carbocycles. The lowest BCUT2D eigenvalue weighted by atomic mass is 9.65. The highest BCUT2D eigenvalue weighted by Gasteiger charge is 2.46. The number of likely N-dealkylation sites (tertiary alicyclic amines) is 1. The van der Waals surface area contributed by atoms with Gasteiger partial charge < -0.3 is 9.80 Å². The average molecular weight is 365 g/mol. The monoisotopic (exact) mass is 364 g/mol. The van der Waals surface area contributed by atoms with E-state index < -0.39 is 0 Å². The van der Waals surface area contributed by atoms with Crippen LogP contribution in [-0.2, 0) is 10.2 Å². The predicted molar refractivity (Wildman–Crippen MR) is 109 cm³/mol. The molecule has 1 aliphatic heterocycles. The Balaban J connectivity index is 1.38. The average Bonchev–Trinajstić information content (AvgIpc) is 3.32. The Bertz CT molecular complexity index is 772. The summed E-state index contributed by atoms with van der Waals surface area (Å²) >= 11 is 0. The van der Waals surface area contributed by atoms with Gasteiger partial charge in [-0.05, 0) is 74.6 Å². The topological polar surface area (TPSA) is 23.6 Å². The highest BCUT2D eigenvalue weighted by Crippen LogP contribution is 2.50. The minimum absolute atomic E-state index is 0.136. The Morgan fingerprint density at radius 2 is 1.89 bits per heavy atom. The molecule has 3 heteroatoms. The minimum Gasteiger partial charge on any atom is -0.345 e. The highest BCUT2D eigenvalue weighted by atomic mass is 16.2. The molecule has 1 spiro atoms. The lowest BCUT2D eigenvalue weighted by molar-refractivity contribution is -0.122. The maximum atomic E-state index is 12.7. The molecule has 3 fully saturated rings. The zero-order valence-electron chi connectivity index (χ0n) is 16.8. The summed E-state index contributed by atoms with van der Waals surface area (Å²) in [6, 6.07) is 9.55. The van der Waals surface area contributed by atoms with Crippen LogP contribution in [0.15, 0.2) is 30.3 Å². The van der Waals surface area contributed by atoms with E-state index in [9.17, 15) is 4.79 Å². The van der Waals surface area contributed by atoms with Gasteiger partial charge >= 0.3 is 0 Å². The second-order valence-corrected chi connectivity index (χ2v) is 9.63. The van der Waals surface area contributed by atoms with E-state index in [-0.39, 0.29) is 11.3 Å². The minimum atomic E-state index is 0.136. The lowest BCUT2D eigenvalue weighted by Crippen LogP contribution is -2.49. The normalized spacial score (nSPS) is 31.6. The van der Waals surface area contributed by atoms with Gasteiger partial charge in [-0.15, -0.1) is 0 Å². The summed E-state index contributed by atoms with van der Waals surface area (Å²) < 4.78 is 0. The Morgan fingerprint density at radius 3 is 2.56 bits per heavy atom. The molecule has 1 aromatic rings. The first-order valence-corrected chi connectivity index (χ1v) is 10.8. The fraction of sp³-hybridized carbons (Fsp3) is 0.625. The van der Waals surface area contributed by atoms with Gasteiger partial charge in [-0.3, -0.25) is 4.79 Å². The third-order valence-corrected chi connectivity index (χ3v) is 8.05. The molecular weight excluding hydrogens is 332 g/mol. The van der Waals surface area contributed by atoms with Crippen LogP contribution in [0.3, 0.4) is 0 Å². The Morgan fingerprint density at radius 1 is 1.11 bits per heavy atom. The van der Waals surface area contributed by atoms with E-state index in [0.29, 0.717) is 0 Å². The van der Waals surface area contributed by atoms with Crippen molar-refractivity contribution in [2.24, 2.45) is 11.8 Å². The number of rotatable bonds is 2. The number of hydrogen-bond acceptors (Lipinski definition) is 2. The number of piperidine rings is 1. The van der Waals surface area contributed by atoms with Gasteiger partial charge in [0.2, 0.25) is 0 Å². The predicted octanol–water partition coefficient (Wildman–Crippen LogP) is 4.08. The van der Waals surface area contributed by atoms with Gasteiger partial charge in [-0.2, -0.15) is 0 Å². The van der Waals surface area contributed by atoms with Crippen molar-refractivity contribution in [3.05, 3.63) is 41.5 Å². The van der Waals surface area contributed by atoms with Crippen LogP contribution < -0.4 is 0 Å². The smallest absolute Gasteiger partial charge is 0.253 e. The van der Waals surface area contributed by atoms with Crippen LogP contribution in [-0.4, -0.2) is 48.9 Å². The van der Waals surface area contributed by atoms with E-state index in [2.05, 4.69) is 35.2 Å². The van der Waals surface area contributed by atoms with Crippen LogP contribution in [0, 0.1) is 11.8 Å². The molecule has 0 N–H and O–H groups in total. The summed E-state index contributed by atoms with van der Waals surface area (Å²) in [6.45, 7) is 2.46. The molecule has 3 aliphatic carbocycles. The number of amides is 1. The molecule has 27 heavy (non-hydrogen) atoms. The van der Waals surface area contributed by atoms with Crippen LogP contribution in [0.25, 0.3) is 5.57 Å². The van der Waals surface area contributed by atoms with Crippen molar-refractivity contribution in [2.45, 2.75) is 56.4 Å². The van der Waals surface area contributed by atoms with Crippen LogP contribution in [0.5, 0.6) is 0 Å². The standard InChI is InChI=1S/C24H32N2O/c1-25(2)23(27)20-9-10-24(21-6-4-3-5-19(20)21)11-13-26(14-12-24)22-16-17-7-8-18(22)15-17/h3-6,9,17-18,22H,7-8,10-16H2,1-2H3/t17-,18-,22?/m1/s1. The second-order valence-electron chi connectivity index (χ2n) is 9.63. The Labute approximate surface area is 163 Å². The maximum absolute atomic E-state index is 12.7. The van der Waals surface area contributed by atoms with Gasteiger partial charge in [0.25, 0.3) is 5.91 Å². The van der Waals surface area contributed by atoms with Crippen molar-refractivity contribution < 1.29 is 4.79 Å². The van der Waals surface area contributed by atoms with E-state index in [1.807, 2.05) is 14.1 Å². The molecule has 1 aromatic carbocycles. The van der Waals surface area contributed by atoms with E-state index in [1.165, 1.54) is 62.7 Å². The van der Waals surface area contributed by atoms with Crippen molar-refractivity contribution in [1.29, 1.82) is 0 Å². The summed E-state index contributed by atoms with van der Waals surface area (Å²) in [5.41, 5.74) is 3.73. The number of likely N-dealkylation sites (N-methyl/N-ethyl adjacent to an activating group) is 1. The molecule has 0 radical (unpaired) electrons. The quantitative estimate of drug-likeness (QED) is 0.789. The third kappa shape index (κ3) is 2.77. The second kappa shape index (κ2) is 6.48. The highest BCUT2D eigenvalue weighted by molar-refractivity contribution is 6.20. The van der Waals surface area contributed by atoms with Crippen LogP contribution in [0.4, 0.5) is 0 Å². The Kier molecular flexibility index (Phi) is 4.19.